The molecule has 0 unspecified atom stereocenters. The number of rotatable bonds is 4. The van der Waals surface area contributed by atoms with E-state index in [1.165, 1.54) is 13.2 Å². The van der Waals surface area contributed by atoms with Crippen molar-refractivity contribution in [3.63, 3.8) is 0 Å². The van der Waals surface area contributed by atoms with Crippen molar-refractivity contribution in [2.75, 3.05) is 7.11 Å². The lowest BCUT2D eigenvalue weighted by atomic mass is 10.0. The average Bonchev–Trinajstić information content (AvgIpc) is 2.29. The minimum Gasteiger partial charge on any atom is -0.465 e. The summed E-state index contributed by atoms with van der Waals surface area (Å²) in [6.45, 7) is 0.849. The van der Waals surface area contributed by atoms with Gasteiger partial charge < -0.3 is 9.47 Å². The number of halogens is 3. The predicted molar refractivity (Wildman–Crippen MR) is 66.2 cm³/mol. The van der Waals surface area contributed by atoms with E-state index in [9.17, 15) is 13.6 Å². The molecule has 1 aromatic rings. The summed E-state index contributed by atoms with van der Waals surface area (Å²) in [6.07, 6.45) is 0. The fourth-order valence-electron chi connectivity index (χ4n) is 1.42. The highest BCUT2D eigenvalue weighted by molar-refractivity contribution is 9.10. The number of carbonyl (C=O) groups excluding carboxylic acids is 1. The van der Waals surface area contributed by atoms with E-state index in [1.54, 1.807) is 6.07 Å². The Morgan fingerprint density at radius 1 is 1.33 bits per heavy atom. The minimum atomic E-state index is -3.00. The van der Waals surface area contributed by atoms with Gasteiger partial charge >= 0.3 is 12.6 Å². The van der Waals surface area contributed by atoms with Crippen molar-refractivity contribution in [3.05, 3.63) is 27.7 Å². The molecule has 0 heterocycles. The van der Waals surface area contributed by atoms with Gasteiger partial charge in [-0.25, -0.2) is 4.79 Å². The zero-order valence-electron chi connectivity index (χ0n) is 10.2. The van der Waals surface area contributed by atoms with Crippen LogP contribution in [-0.4, -0.2) is 19.7 Å². The van der Waals surface area contributed by atoms with E-state index in [4.69, 9.17) is 0 Å². The molecule has 0 aliphatic rings. The minimum absolute atomic E-state index is 0.0177. The van der Waals surface area contributed by atoms with E-state index in [0.29, 0.717) is 4.47 Å². The van der Waals surface area contributed by atoms with Crippen LogP contribution in [0.1, 0.15) is 35.7 Å². The summed E-state index contributed by atoms with van der Waals surface area (Å²) in [5, 5.41) is 0. The second kappa shape index (κ2) is 6.13. The Morgan fingerprint density at radius 2 is 1.94 bits per heavy atom. The van der Waals surface area contributed by atoms with E-state index in [1.807, 2.05) is 13.8 Å². The molecular formula is C12H13BrF2O3. The number of alkyl halides is 2. The van der Waals surface area contributed by atoms with E-state index in [2.05, 4.69) is 25.4 Å². The first kappa shape index (κ1) is 14.9. The zero-order chi connectivity index (χ0) is 13.9. The third-order valence-electron chi connectivity index (χ3n) is 2.34. The van der Waals surface area contributed by atoms with Crippen molar-refractivity contribution in [1.82, 2.24) is 0 Å². The molecule has 100 valence electrons. The van der Waals surface area contributed by atoms with Gasteiger partial charge in [-0.2, -0.15) is 8.78 Å². The molecule has 0 aromatic heterocycles. The van der Waals surface area contributed by atoms with Gasteiger partial charge in [0.05, 0.1) is 11.6 Å². The quantitative estimate of drug-likeness (QED) is 0.787. The van der Waals surface area contributed by atoms with Crippen LogP contribution in [0.15, 0.2) is 16.6 Å². The molecule has 0 N–H and O–H groups in total. The second-order valence-electron chi connectivity index (χ2n) is 3.90. The summed E-state index contributed by atoms with van der Waals surface area (Å²) >= 11 is 3.13. The molecule has 0 aliphatic heterocycles. The molecule has 0 aliphatic carbocycles. The third-order valence-corrected chi connectivity index (χ3v) is 2.93. The lowest BCUT2D eigenvalue weighted by molar-refractivity contribution is -0.0509. The summed E-state index contributed by atoms with van der Waals surface area (Å²) < 4.78 is 33.8. The normalized spacial score (nSPS) is 10.9. The van der Waals surface area contributed by atoms with E-state index >= 15 is 0 Å². The number of methoxy groups -OCH3 is 1. The van der Waals surface area contributed by atoms with Crippen LogP contribution in [0.4, 0.5) is 8.78 Å². The highest BCUT2D eigenvalue weighted by Gasteiger charge is 2.21. The smallest absolute Gasteiger partial charge is 0.387 e. The van der Waals surface area contributed by atoms with Gasteiger partial charge in [0.2, 0.25) is 0 Å². The molecule has 0 bridgehead atoms. The van der Waals surface area contributed by atoms with Crippen LogP contribution in [0.5, 0.6) is 5.75 Å². The Bertz CT molecular complexity index is 447. The Kier molecular flexibility index (Phi) is 5.07. The van der Waals surface area contributed by atoms with Crippen LogP contribution >= 0.6 is 15.9 Å². The van der Waals surface area contributed by atoms with Gasteiger partial charge in [0.25, 0.3) is 0 Å². The molecular weight excluding hydrogens is 310 g/mol. The first-order valence-corrected chi connectivity index (χ1v) is 6.02. The van der Waals surface area contributed by atoms with Crippen molar-refractivity contribution < 1.29 is 23.0 Å². The SMILES string of the molecule is COC(=O)c1cc(C(C)C)cc(Br)c1OC(F)F. The largest absolute Gasteiger partial charge is 0.465 e. The Labute approximate surface area is 112 Å². The average molecular weight is 323 g/mol. The van der Waals surface area contributed by atoms with Gasteiger partial charge in [0, 0.05) is 0 Å². The molecule has 3 nitrogen and oxygen atoms in total. The molecule has 0 saturated carbocycles. The Balaban J connectivity index is 3.34. The zero-order valence-corrected chi connectivity index (χ0v) is 11.8. The number of ether oxygens (including phenoxy) is 2. The maximum absolute atomic E-state index is 12.3. The molecule has 0 amide bonds. The molecule has 0 radical (unpaired) electrons. The number of carbonyl (C=O) groups is 1. The summed E-state index contributed by atoms with van der Waals surface area (Å²) in [6, 6.07) is 3.15. The van der Waals surface area contributed by atoms with E-state index in [0.717, 1.165) is 5.56 Å². The van der Waals surface area contributed by atoms with Crippen molar-refractivity contribution >= 4 is 21.9 Å². The summed E-state index contributed by atoms with van der Waals surface area (Å²) in [7, 11) is 1.18. The van der Waals surface area contributed by atoms with Crippen molar-refractivity contribution in [2.24, 2.45) is 0 Å². The molecule has 6 heteroatoms. The summed E-state index contributed by atoms with van der Waals surface area (Å²) in [4.78, 5) is 11.6. The van der Waals surface area contributed by atoms with Gasteiger partial charge in [-0.15, -0.1) is 0 Å². The first-order chi connectivity index (χ1) is 8.36. The predicted octanol–water partition coefficient (Wildman–Crippen LogP) is 3.96. The van der Waals surface area contributed by atoms with Crippen LogP contribution in [0.2, 0.25) is 0 Å². The van der Waals surface area contributed by atoms with Gasteiger partial charge in [0.1, 0.15) is 5.56 Å². The van der Waals surface area contributed by atoms with Crippen LogP contribution in [-0.2, 0) is 4.74 Å². The fraction of sp³-hybridized carbons (Fsp3) is 0.417. The highest BCUT2D eigenvalue weighted by atomic mass is 79.9. The molecule has 1 aromatic carbocycles. The maximum atomic E-state index is 12.3. The molecule has 0 spiro atoms. The van der Waals surface area contributed by atoms with E-state index < -0.39 is 12.6 Å². The van der Waals surface area contributed by atoms with Crippen LogP contribution in [0.25, 0.3) is 0 Å². The maximum Gasteiger partial charge on any atom is 0.387 e. The van der Waals surface area contributed by atoms with Crippen molar-refractivity contribution in [2.45, 2.75) is 26.4 Å². The molecule has 0 saturated heterocycles. The van der Waals surface area contributed by atoms with Crippen molar-refractivity contribution in [3.8, 4) is 5.75 Å². The number of hydrogen-bond donors (Lipinski definition) is 0. The summed E-state index contributed by atoms with van der Waals surface area (Å²) in [5.41, 5.74) is 0.805. The molecule has 0 fully saturated rings. The van der Waals surface area contributed by atoms with Crippen LogP contribution in [0.3, 0.4) is 0 Å². The standard InChI is InChI=1S/C12H13BrF2O3/c1-6(2)7-4-8(11(16)17-3)10(9(13)5-7)18-12(14)15/h4-6,12H,1-3H3. The highest BCUT2D eigenvalue weighted by Crippen LogP contribution is 2.34. The van der Waals surface area contributed by atoms with Crippen molar-refractivity contribution in [1.29, 1.82) is 0 Å². The van der Waals surface area contributed by atoms with Crippen LogP contribution in [0, 0.1) is 0 Å². The van der Waals surface area contributed by atoms with Gasteiger partial charge in [-0.05, 0) is 39.5 Å². The third kappa shape index (κ3) is 3.41. The van der Waals surface area contributed by atoms with Gasteiger partial charge in [0.15, 0.2) is 5.75 Å². The van der Waals surface area contributed by atoms with Crippen LogP contribution < -0.4 is 4.74 Å². The number of benzene rings is 1. The Morgan fingerprint density at radius 3 is 2.39 bits per heavy atom. The molecule has 0 atom stereocenters. The fourth-order valence-corrected chi connectivity index (χ4v) is 1.99. The van der Waals surface area contributed by atoms with Gasteiger partial charge in [-0.3, -0.25) is 0 Å². The number of hydrogen-bond acceptors (Lipinski definition) is 3. The molecule has 1 rings (SSSR count). The lowest BCUT2D eigenvalue weighted by Gasteiger charge is -2.14. The van der Waals surface area contributed by atoms with Gasteiger partial charge in [-0.1, -0.05) is 13.8 Å². The second-order valence-corrected chi connectivity index (χ2v) is 4.76. The first-order valence-electron chi connectivity index (χ1n) is 5.23. The topological polar surface area (TPSA) is 35.5 Å². The Hall–Kier alpha value is -1.17. The lowest BCUT2D eigenvalue weighted by Crippen LogP contribution is -2.11. The monoisotopic (exact) mass is 322 g/mol. The number of esters is 1. The summed E-state index contributed by atoms with van der Waals surface area (Å²) in [5.74, 6) is -0.777. The van der Waals surface area contributed by atoms with E-state index in [-0.39, 0.29) is 17.2 Å². The molecule has 18 heavy (non-hydrogen) atoms.